The molecule has 1 heterocycles. The molecule has 0 aliphatic heterocycles. The number of hydrogen-bond acceptors (Lipinski definition) is 3. The van der Waals surface area contributed by atoms with Crippen molar-refractivity contribution < 1.29 is 9.53 Å². The third kappa shape index (κ3) is 3.48. The Morgan fingerprint density at radius 2 is 1.87 bits per heavy atom. The van der Waals surface area contributed by atoms with Gasteiger partial charge in [-0.05, 0) is 48.6 Å². The lowest BCUT2D eigenvalue weighted by Gasteiger charge is -2.06. The molecule has 23 heavy (non-hydrogen) atoms. The molecule has 0 saturated carbocycles. The molecule has 0 amide bonds. The van der Waals surface area contributed by atoms with E-state index in [0.29, 0.717) is 11.4 Å². The number of carbonyl (C=O) groups excluding carboxylic acids is 1. The maximum atomic E-state index is 12.2. The first kappa shape index (κ1) is 15.4. The van der Waals surface area contributed by atoms with Gasteiger partial charge < -0.3 is 4.74 Å². The lowest BCUT2D eigenvalue weighted by Crippen LogP contribution is -1.95. The topological polar surface area (TPSA) is 39.2 Å². The van der Waals surface area contributed by atoms with E-state index in [0.717, 1.165) is 20.9 Å². The summed E-state index contributed by atoms with van der Waals surface area (Å²) in [7, 11) is 1.57. The third-order valence-corrected chi connectivity index (χ3v) is 3.98. The van der Waals surface area contributed by atoms with Crippen molar-refractivity contribution >= 4 is 38.7 Å². The number of rotatable bonds is 4. The molecule has 1 aromatic heterocycles. The van der Waals surface area contributed by atoms with Gasteiger partial charge in [-0.2, -0.15) is 0 Å². The van der Waals surface area contributed by atoms with Gasteiger partial charge in [0.15, 0.2) is 5.78 Å². The van der Waals surface area contributed by atoms with E-state index in [2.05, 4.69) is 20.9 Å². The van der Waals surface area contributed by atoms with Gasteiger partial charge in [0.1, 0.15) is 0 Å². The smallest absolute Gasteiger partial charge is 0.221 e. The van der Waals surface area contributed by atoms with Gasteiger partial charge in [0.2, 0.25) is 5.88 Å². The van der Waals surface area contributed by atoms with Gasteiger partial charge in [0, 0.05) is 21.0 Å². The number of nitrogens with zero attached hydrogens (tertiary/aromatic N) is 1. The standard InChI is InChI=1S/C19H14BrNO2/c1-23-19-15(12-14-4-2-3-5-17(14)21-19)8-11-18(22)13-6-9-16(20)10-7-13/h2-12H,1H3. The van der Waals surface area contributed by atoms with Gasteiger partial charge in [0.25, 0.3) is 0 Å². The van der Waals surface area contributed by atoms with Gasteiger partial charge >= 0.3 is 0 Å². The van der Waals surface area contributed by atoms with Crippen molar-refractivity contribution in [2.45, 2.75) is 0 Å². The molecule has 0 aliphatic rings. The predicted octanol–water partition coefficient (Wildman–Crippen LogP) is 4.90. The number of aromatic nitrogens is 1. The number of para-hydroxylation sites is 1. The van der Waals surface area contributed by atoms with Gasteiger partial charge in [-0.25, -0.2) is 4.98 Å². The predicted molar refractivity (Wildman–Crippen MR) is 95.8 cm³/mol. The molecule has 0 spiro atoms. The maximum Gasteiger partial charge on any atom is 0.221 e. The minimum Gasteiger partial charge on any atom is -0.481 e. The monoisotopic (exact) mass is 367 g/mol. The first-order valence-electron chi connectivity index (χ1n) is 7.09. The van der Waals surface area contributed by atoms with Gasteiger partial charge in [0.05, 0.1) is 12.6 Å². The largest absolute Gasteiger partial charge is 0.481 e. The number of pyridine rings is 1. The summed E-state index contributed by atoms with van der Waals surface area (Å²) in [5.41, 5.74) is 2.27. The van der Waals surface area contributed by atoms with Crippen LogP contribution in [0.3, 0.4) is 0 Å². The van der Waals surface area contributed by atoms with Crippen molar-refractivity contribution in [3.05, 3.63) is 76.3 Å². The van der Waals surface area contributed by atoms with Crippen LogP contribution in [0.5, 0.6) is 5.88 Å². The molecular weight excluding hydrogens is 354 g/mol. The molecule has 0 fully saturated rings. The highest BCUT2D eigenvalue weighted by atomic mass is 79.9. The van der Waals surface area contributed by atoms with Crippen molar-refractivity contribution in [2.75, 3.05) is 7.11 Å². The second kappa shape index (κ2) is 6.75. The SMILES string of the molecule is COc1nc2ccccc2cc1C=CC(=O)c1ccc(Br)cc1. The summed E-state index contributed by atoms with van der Waals surface area (Å²) < 4.78 is 6.27. The Morgan fingerprint density at radius 3 is 2.61 bits per heavy atom. The highest BCUT2D eigenvalue weighted by Gasteiger charge is 2.06. The zero-order chi connectivity index (χ0) is 16.2. The summed E-state index contributed by atoms with van der Waals surface area (Å²) >= 11 is 3.36. The Morgan fingerprint density at radius 1 is 1.13 bits per heavy atom. The number of carbonyl (C=O) groups is 1. The van der Waals surface area contributed by atoms with E-state index in [1.54, 1.807) is 25.3 Å². The molecule has 3 aromatic rings. The molecule has 0 atom stereocenters. The van der Waals surface area contributed by atoms with E-state index in [1.807, 2.05) is 42.5 Å². The van der Waals surface area contributed by atoms with Crippen LogP contribution in [-0.2, 0) is 0 Å². The second-order valence-corrected chi connectivity index (χ2v) is 5.90. The van der Waals surface area contributed by atoms with E-state index >= 15 is 0 Å². The normalized spacial score (nSPS) is 11.0. The number of ether oxygens (including phenoxy) is 1. The average Bonchev–Trinajstić information content (AvgIpc) is 2.59. The molecule has 114 valence electrons. The van der Waals surface area contributed by atoms with Crippen LogP contribution in [0.25, 0.3) is 17.0 Å². The quantitative estimate of drug-likeness (QED) is 0.486. The molecule has 0 radical (unpaired) electrons. The fourth-order valence-electron chi connectivity index (χ4n) is 2.27. The number of allylic oxidation sites excluding steroid dienone is 1. The van der Waals surface area contributed by atoms with E-state index in [4.69, 9.17) is 4.74 Å². The van der Waals surface area contributed by atoms with Crippen LogP contribution < -0.4 is 4.74 Å². The van der Waals surface area contributed by atoms with E-state index in [-0.39, 0.29) is 5.78 Å². The minimum atomic E-state index is -0.0623. The van der Waals surface area contributed by atoms with Crippen LogP contribution in [0.15, 0.2) is 65.1 Å². The van der Waals surface area contributed by atoms with Crippen LogP contribution in [0.1, 0.15) is 15.9 Å². The highest BCUT2D eigenvalue weighted by molar-refractivity contribution is 9.10. The molecule has 3 nitrogen and oxygen atoms in total. The van der Waals surface area contributed by atoms with Crippen molar-refractivity contribution in [3.63, 3.8) is 0 Å². The Hall–Kier alpha value is -2.46. The van der Waals surface area contributed by atoms with Gasteiger partial charge in [-0.15, -0.1) is 0 Å². The Bertz CT molecular complexity index is 886. The van der Waals surface area contributed by atoms with Crippen molar-refractivity contribution in [3.8, 4) is 5.88 Å². The molecule has 3 rings (SSSR count). The summed E-state index contributed by atoms with van der Waals surface area (Å²) in [6.45, 7) is 0. The van der Waals surface area contributed by atoms with Crippen molar-refractivity contribution in [2.24, 2.45) is 0 Å². The maximum absolute atomic E-state index is 12.2. The van der Waals surface area contributed by atoms with Gasteiger partial charge in [-0.1, -0.05) is 34.1 Å². The molecule has 0 bridgehead atoms. The number of ketones is 1. The van der Waals surface area contributed by atoms with Crippen LogP contribution in [0.4, 0.5) is 0 Å². The summed E-state index contributed by atoms with van der Waals surface area (Å²) in [6.07, 6.45) is 3.28. The van der Waals surface area contributed by atoms with Crippen molar-refractivity contribution in [1.29, 1.82) is 0 Å². The first-order valence-corrected chi connectivity index (χ1v) is 7.88. The first-order chi connectivity index (χ1) is 11.2. The minimum absolute atomic E-state index is 0.0623. The Balaban J connectivity index is 1.93. The molecule has 0 unspecified atom stereocenters. The number of benzene rings is 2. The second-order valence-electron chi connectivity index (χ2n) is 4.98. The zero-order valence-corrected chi connectivity index (χ0v) is 14.1. The van der Waals surface area contributed by atoms with Crippen LogP contribution in [0.2, 0.25) is 0 Å². The van der Waals surface area contributed by atoms with Crippen LogP contribution >= 0.6 is 15.9 Å². The van der Waals surface area contributed by atoms with E-state index in [1.165, 1.54) is 6.08 Å². The summed E-state index contributed by atoms with van der Waals surface area (Å²) in [4.78, 5) is 16.7. The fourth-order valence-corrected chi connectivity index (χ4v) is 2.54. The average molecular weight is 368 g/mol. The van der Waals surface area contributed by atoms with Crippen molar-refractivity contribution in [1.82, 2.24) is 4.98 Å². The third-order valence-electron chi connectivity index (χ3n) is 3.45. The lowest BCUT2D eigenvalue weighted by molar-refractivity contribution is 0.104. The molecule has 2 aromatic carbocycles. The Labute approximate surface area is 142 Å². The molecule has 0 aliphatic carbocycles. The van der Waals surface area contributed by atoms with Gasteiger partial charge in [-0.3, -0.25) is 4.79 Å². The van der Waals surface area contributed by atoms with E-state index in [9.17, 15) is 4.79 Å². The lowest BCUT2D eigenvalue weighted by atomic mass is 10.1. The molecule has 0 saturated heterocycles. The molecular formula is C19H14BrNO2. The van der Waals surface area contributed by atoms with E-state index < -0.39 is 0 Å². The number of methoxy groups -OCH3 is 1. The molecule has 4 heteroatoms. The summed E-state index contributed by atoms with van der Waals surface area (Å²) in [6, 6.07) is 17.0. The zero-order valence-electron chi connectivity index (χ0n) is 12.5. The number of hydrogen-bond donors (Lipinski definition) is 0. The summed E-state index contributed by atoms with van der Waals surface area (Å²) in [5, 5.41) is 1.00. The molecule has 0 N–H and O–H groups in total. The highest BCUT2D eigenvalue weighted by Crippen LogP contribution is 2.23. The Kier molecular flexibility index (Phi) is 4.53. The van der Waals surface area contributed by atoms with Crippen LogP contribution in [-0.4, -0.2) is 17.9 Å². The number of fused-ring (bicyclic) bond motifs is 1. The number of halogens is 1. The summed E-state index contributed by atoms with van der Waals surface area (Å²) in [5.74, 6) is 0.441. The van der Waals surface area contributed by atoms with Crippen LogP contribution in [0, 0.1) is 0 Å². The fraction of sp³-hybridized carbons (Fsp3) is 0.0526.